The molecule has 144 valence electrons. The first-order valence-corrected chi connectivity index (χ1v) is 9.62. The van der Waals surface area contributed by atoms with Crippen molar-refractivity contribution in [1.29, 1.82) is 0 Å². The van der Waals surface area contributed by atoms with Crippen molar-refractivity contribution in [3.05, 3.63) is 17.2 Å². The molecule has 27 heavy (non-hydrogen) atoms. The second kappa shape index (κ2) is 8.06. The average Bonchev–Trinajstić information content (AvgIpc) is 3.43. The lowest BCUT2D eigenvalue weighted by atomic mass is 10.2. The molecule has 4 heterocycles. The van der Waals surface area contributed by atoms with Crippen LogP contribution in [0.2, 0.25) is 0 Å². The van der Waals surface area contributed by atoms with Gasteiger partial charge in [0.15, 0.2) is 0 Å². The van der Waals surface area contributed by atoms with Crippen molar-refractivity contribution in [3.63, 3.8) is 0 Å². The van der Waals surface area contributed by atoms with Gasteiger partial charge in [-0.1, -0.05) is 11.3 Å². The van der Waals surface area contributed by atoms with Gasteiger partial charge in [-0.3, -0.25) is 24.9 Å². The predicted octanol–water partition coefficient (Wildman–Crippen LogP) is -0.0958. The topological polar surface area (TPSA) is 129 Å². The summed E-state index contributed by atoms with van der Waals surface area (Å²) in [6.07, 6.45) is 3.28. The maximum atomic E-state index is 12.3. The minimum absolute atomic E-state index is 0.00290. The normalized spacial score (nSPS) is 20.7. The summed E-state index contributed by atoms with van der Waals surface area (Å²) in [5.41, 5.74) is 0. The highest BCUT2D eigenvalue weighted by molar-refractivity contribution is 7.15. The van der Waals surface area contributed by atoms with Gasteiger partial charge in [0.25, 0.3) is 5.91 Å². The highest BCUT2D eigenvalue weighted by Crippen LogP contribution is 2.31. The average molecular weight is 392 g/mol. The lowest BCUT2D eigenvalue weighted by Crippen LogP contribution is -2.50. The Morgan fingerprint density at radius 1 is 1.30 bits per heavy atom. The first-order valence-electron chi connectivity index (χ1n) is 8.81. The molecule has 0 saturated carbocycles. The summed E-state index contributed by atoms with van der Waals surface area (Å²) in [5.74, 6) is -0.0771. The summed E-state index contributed by atoms with van der Waals surface area (Å²) in [6, 6.07) is 0. The smallest absolute Gasteiger partial charge is 0.291 e. The third kappa shape index (κ3) is 4.28. The number of H-pyrrole nitrogens is 1. The number of hydrogen-bond acceptors (Lipinski definition) is 9. The van der Waals surface area contributed by atoms with E-state index in [9.17, 15) is 9.59 Å². The quantitative estimate of drug-likeness (QED) is 0.722. The van der Waals surface area contributed by atoms with Crippen molar-refractivity contribution in [3.8, 4) is 0 Å². The molecule has 2 aliphatic rings. The highest BCUT2D eigenvalue weighted by Gasteiger charge is 2.26. The zero-order valence-corrected chi connectivity index (χ0v) is 15.4. The number of rotatable bonds is 5. The van der Waals surface area contributed by atoms with Crippen molar-refractivity contribution in [2.24, 2.45) is 0 Å². The molecule has 0 unspecified atom stereocenters. The summed E-state index contributed by atoms with van der Waals surface area (Å²) >= 11 is 1.36. The predicted molar refractivity (Wildman–Crippen MR) is 95.2 cm³/mol. The molecule has 0 aromatic carbocycles. The first kappa shape index (κ1) is 17.9. The molecule has 1 atom stereocenters. The van der Waals surface area contributed by atoms with Gasteiger partial charge in [0.2, 0.25) is 16.9 Å². The largest absolute Gasteiger partial charge is 0.371 e. The zero-order chi connectivity index (χ0) is 18.6. The Hall–Kier alpha value is -2.44. The molecule has 2 aromatic heterocycles. The SMILES string of the molecule is O=C(CN1CCN(C(=O)c2ncn[nH]2)CC1)Nc1nnc([C@@H]2CCCO2)s1. The number of carbonyl (C=O) groups is 2. The molecule has 0 radical (unpaired) electrons. The molecule has 11 nitrogen and oxygen atoms in total. The van der Waals surface area contributed by atoms with E-state index >= 15 is 0 Å². The van der Waals surface area contributed by atoms with Crippen molar-refractivity contribution in [2.45, 2.75) is 18.9 Å². The second-order valence-corrected chi connectivity index (χ2v) is 7.41. The van der Waals surface area contributed by atoms with E-state index < -0.39 is 0 Å². The van der Waals surface area contributed by atoms with Gasteiger partial charge >= 0.3 is 0 Å². The summed E-state index contributed by atoms with van der Waals surface area (Å²) in [6.45, 7) is 3.30. The molecule has 2 N–H and O–H groups in total. The highest BCUT2D eigenvalue weighted by atomic mass is 32.1. The van der Waals surface area contributed by atoms with Crippen LogP contribution in [0.5, 0.6) is 0 Å². The van der Waals surface area contributed by atoms with Crippen molar-refractivity contribution < 1.29 is 14.3 Å². The molecule has 2 aromatic rings. The Labute approximate surface area is 159 Å². The molecule has 2 amide bonds. The van der Waals surface area contributed by atoms with Crippen LogP contribution in [0.25, 0.3) is 0 Å². The zero-order valence-electron chi connectivity index (χ0n) is 14.6. The first-order chi connectivity index (χ1) is 13.2. The fourth-order valence-corrected chi connectivity index (χ4v) is 3.96. The molecule has 4 rings (SSSR count). The number of carbonyl (C=O) groups excluding carboxylic acids is 2. The number of aromatic nitrogens is 5. The minimum Gasteiger partial charge on any atom is -0.371 e. The standard InChI is InChI=1S/C15H20N8O3S/c24-11(18-15-21-20-13(27-15)10-2-1-7-26-10)8-22-3-5-23(6-4-22)14(25)12-16-9-17-19-12/h9-10H,1-8H2,(H,16,17,19)(H,18,21,24)/t10-/m0/s1. The van der Waals surface area contributed by atoms with Crippen molar-refractivity contribution >= 4 is 28.3 Å². The monoisotopic (exact) mass is 392 g/mol. The minimum atomic E-state index is -0.174. The number of anilines is 1. The van der Waals surface area contributed by atoms with Crippen LogP contribution in [0, 0.1) is 0 Å². The van der Waals surface area contributed by atoms with Crippen LogP contribution in [0.4, 0.5) is 5.13 Å². The molecule has 2 fully saturated rings. The number of aromatic amines is 1. The van der Waals surface area contributed by atoms with E-state index in [1.807, 2.05) is 4.90 Å². The van der Waals surface area contributed by atoms with Gasteiger partial charge in [0.05, 0.1) is 6.54 Å². The van der Waals surface area contributed by atoms with E-state index in [1.165, 1.54) is 17.7 Å². The van der Waals surface area contributed by atoms with E-state index in [2.05, 4.69) is 30.7 Å². The van der Waals surface area contributed by atoms with Gasteiger partial charge < -0.3 is 9.64 Å². The molecule has 2 saturated heterocycles. The van der Waals surface area contributed by atoms with Crippen LogP contribution < -0.4 is 5.32 Å². The van der Waals surface area contributed by atoms with E-state index in [0.29, 0.717) is 31.3 Å². The Balaban J connectivity index is 1.23. The number of ether oxygens (including phenoxy) is 1. The van der Waals surface area contributed by atoms with Gasteiger partial charge in [-0.25, -0.2) is 4.98 Å². The van der Waals surface area contributed by atoms with Gasteiger partial charge in [-0.05, 0) is 12.8 Å². The van der Waals surface area contributed by atoms with Crippen LogP contribution in [0.3, 0.4) is 0 Å². The van der Waals surface area contributed by atoms with Crippen LogP contribution in [0.1, 0.15) is 34.6 Å². The van der Waals surface area contributed by atoms with Crippen molar-refractivity contribution in [2.75, 3.05) is 44.6 Å². The van der Waals surface area contributed by atoms with E-state index in [1.54, 1.807) is 4.90 Å². The number of nitrogens with zero attached hydrogens (tertiary/aromatic N) is 6. The molecule has 0 aliphatic carbocycles. The molecular weight excluding hydrogens is 372 g/mol. The van der Waals surface area contributed by atoms with Gasteiger partial charge in [0, 0.05) is 32.8 Å². The second-order valence-electron chi connectivity index (χ2n) is 6.40. The Bertz CT molecular complexity index is 781. The van der Waals surface area contributed by atoms with E-state index in [0.717, 1.165) is 24.5 Å². The third-order valence-electron chi connectivity index (χ3n) is 4.54. The maximum absolute atomic E-state index is 12.3. The van der Waals surface area contributed by atoms with Crippen LogP contribution in [0.15, 0.2) is 6.33 Å². The Kier molecular flexibility index (Phi) is 5.36. The molecule has 2 aliphatic heterocycles. The summed E-state index contributed by atoms with van der Waals surface area (Å²) in [7, 11) is 0. The lowest BCUT2D eigenvalue weighted by Gasteiger charge is -2.33. The molecule has 0 spiro atoms. The van der Waals surface area contributed by atoms with E-state index in [4.69, 9.17) is 4.74 Å². The summed E-state index contributed by atoms with van der Waals surface area (Å²) in [4.78, 5) is 32.1. The molecule has 12 heteroatoms. The number of hydrogen-bond donors (Lipinski definition) is 2. The van der Waals surface area contributed by atoms with Crippen LogP contribution in [-0.4, -0.2) is 86.3 Å². The number of amides is 2. The van der Waals surface area contributed by atoms with Gasteiger partial charge in [-0.15, -0.1) is 10.2 Å². The summed E-state index contributed by atoms with van der Waals surface area (Å²) in [5, 5.41) is 18.5. The number of piperazine rings is 1. The fourth-order valence-electron chi connectivity index (χ4n) is 3.12. The van der Waals surface area contributed by atoms with Gasteiger partial charge in [0.1, 0.15) is 17.4 Å². The van der Waals surface area contributed by atoms with Gasteiger partial charge in [-0.2, -0.15) is 5.10 Å². The lowest BCUT2D eigenvalue weighted by molar-refractivity contribution is -0.117. The maximum Gasteiger partial charge on any atom is 0.291 e. The fraction of sp³-hybridized carbons (Fsp3) is 0.600. The Morgan fingerprint density at radius 2 is 2.15 bits per heavy atom. The Morgan fingerprint density at radius 3 is 2.85 bits per heavy atom. The molecule has 0 bridgehead atoms. The molecular formula is C15H20N8O3S. The van der Waals surface area contributed by atoms with Crippen LogP contribution >= 0.6 is 11.3 Å². The summed E-state index contributed by atoms with van der Waals surface area (Å²) < 4.78 is 5.58. The van der Waals surface area contributed by atoms with E-state index in [-0.39, 0.29) is 30.3 Å². The van der Waals surface area contributed by atoms with Crippen molar-refractivity contribution in [1.82, 2.24) is 35.2 Å². The third-order valence-corrected chi connectivity index (χ3v) is 5.47. The number of nitrogens with one attached hydrogen (secondary N) is 2. The van der Waals surface area contributed by atoms with Crippen LogP contribution in [-0.2, 0) is 9.53 Å².